The van der Waals surface area contributed by atoms with E-state index < -0.39 is 23.9 Å². The van der Waals surface area contributed by atoms with Crippen molar-refractivity contribution in [2.24, 2.45) is 21.4 Å². The molecule has 3 aromatic rings. The second-order valence-electron chi connectivity index (χ2n) is 11.7. The Morgan fingerprint density at radius 1 is 0.936 bits per heavy atom. The summed E-state index contributed by atoms with van der Waals surface area (Å²) >= 11 is 12.4. The Labute approximate surface area is 281 Å². The first-order valence-corrected chi connectivity index (χ1v) is 15.9. The molecule has 0 bridgehead atoms. The van der Waals surface area contributed by atoms with Crippen molar-refractivity contribution in [1.82, 2.24) is 10.0 Å². The Morgan fingerprint density at radius 3 is 2.32 bits per heavy atom. The molecule has 7 rings (SSSR count). The fourth-order valence-electron chi connectivity index (χ4n) is 6.71. The zero-order chi connectivity index (χ0) is 32.8. The fourth-order valence-corrected chi connectivity index (χ4v) is 7.20. The van der Waals surface area contributed by atoms with E-state index in [1.165, 1.54) is 22.2 Å². The first kappa shape index (κ1) is 30.9. The summed E-state index contributed by atoms with van der Waals surface area (Å²) in [5.41, 5.74) is 4.04. The van der Waals surface area contributed by atoms with E-state index in [0.29, 0.717) is 10.8 Å². The van der Waals surface area contributed by atoms with Gasteiger partial charge in [-0.2, -0.15) is 10.2 Å². The molecule has 3 aromatic carbocycles. The van der Waals surface area contributed by atoms with Crippen molar-refractivity contribution in [3.63, 3.8) is 0 Å². The molecule has 240 valence electrons. The van der Waals surface area contributed by atoms with Crippen molar-refractivity contribution in [2.45, 2.75) is 37.4 Å². The predicted octanol–water partition coefficient (Wildman–Crippen LogP) is 6.13. The number of methoxy groups -OCH3 is 2. The van der Waals surface area contributed by atoms with Gasteiger partial charge in [-0.15, -0.1) is 0 Å². The molecule has 4 aliphatic rings. The van der Waals surface area contributed by atoms with Crippen LogP contribution in [0.5, 0.6) is 11.5 Å². The molecule has 2 fully saturated rings. The lowest BCUT2D eigenvalue weighted by molar-refractivity contribution is -0.136. The number of hydrogen-bond donors (Lipinski definition) is 0. The summed E-state index contributed by atoms with van der Waals surface area (Å²) in [6.07, 6.45) is 4.71. The third-order valence-corrected chi connectivity index (χ3v) is 9.51. The second kappa shape index (κ2) is 12.5. The Kier molecular flexibility index (Phi) is 8.19. The molecule has 1 saturated heterocycles. The van der Waals surface area contributed by atoms with Crippen LogP contribution in [-0.4, -0.2) is 66.3 Å². The standard InChI is InChI=1S/C34H30Cl2N6O5/c1-46-23-11-6-19(7-12-23)16-21-4-3-5-25-29(21)38-42(31(25)20-8-13-24(47-2)14-9-20)28(43)18-40-32-30(37-39-40)33(44)41(34(32)45)27-15-10-22(35)17-26(27)36/h6-17,25,30-32H,3-5,18H2,1-2H3/b21-16-/t25-,30+,31+,32+/m1/s1. The van der Waals surface area contributed by atoms with Crippen LogP contribution in [0.25, 0.3) is 6.08 Å². The number of hydrazone groups is 1. The van der Waals surface area contributed by atoms with Crippen molar-refractivity contribution < 1.29 is 23.9 Å². The summed E-state index contributed by atoms with van der Waals surface area (Å²) in [5.74, 6) is -0.0890. The van der Waals surface area contributed by atoms with Crippen LogP contribution in [0, 0.1) is 5.92 Å². The maximum Gasteiger partial charge on any atom is 0.264 e. The highest BCUT2D eigenvalue weighted by molar-refractivity contribution is 6.38. The predicted molar refractivity (Wildman–Crippen MR) is 176 cm³/mol. The van der Waals surface area contributed by atoms with Crippen LogP contribution < -0.4 is 14.4 Å². The van der Waals surface area contributed by atoms with Crippen molar-refractivity contribution in [1.29, 1.82) is 0 Å². The van der Waals surface area contributed by atoms with Crippen LogP contribution in [-0.2, 0) is 14.4 Å². The Balaban J connectivity index is 1.19. The minimum atomic E-state index is -1.09. The Morgan fingerprint density at radius 2 is 1.64 bits per heavy atom. The van der Waals surface area contributed by atoms with Crippen molar-refractivity contribution >= 4 is 58.4 Å². The smallest absolute Gasteiger partial charge is 0.264 e. The van der Waals surface area contributed by atoms with E-state index >= 15 is 0 Å². The lowest BCUT2D eigenvalue weighted by Crippen LogP contribution is -2.45. The van der Waals surface area contributed by atoms with Crippen molar-refractivity contribution in [3.05, 3.63) is 93.5 Å². The number of rotatable bonds is 7. The van der Waals surface area contributed by atoms with Gasteiger partial charge in [-0.3, -0.25) is 19.4 Å². The molecule has 47 heavy (non-hydrogen) atoms. The molecule has 0 unspecified atom stereocenters. The van der Waals surface area contributed by atoms with Crippen LogP contribution in [0.4, 0.5) is 5.69 Å². The molecule has 4 atom stereocenters. The Bertz CT molecular complexity index is 1840. The number of amides is 3. The van der Waals surface area contributed by atoms with Crippen LogP contribution in [0.3, 0.4) is 0 Å². The fraction of sp³-hybridized carbons (Fsp3) is 0.294. The van der Waals surface area contributed by atoms with Crippen LogP contribution in [0.2, 0.25) is 10.0 Å². The number of fused-ring (bicyclic) bond motifs is 2. The van der Waals surface area contributed by atoms with E-state index in [1.807, 2.05) is 48.5 Å². The minimum absolute atomic E-state index is 0.0456. The number of imide groups is 1. The van der Waals surface area contributed by atoms with Crippen molar-refractivity contribution in [3.8, 4) is 11.5 Å². The maximum atomic E-state index is 14.2. The number of carbonyl (C=O) groups excluding carboxylic acids is 3. The first-order valence-electron chi connectivity index (χ1n) is 15.2. The van der Waals surface area contributed by atoms with Gasteiger partial charge in [0.2, 0.25) is 0 Å². The Hall–Kier alpha value is -4.74. The van der Waals surface area contributed by atoms with Gasteiger partial charge in [-0.25, -0.2) is 9.91 Å². The average molecular weight is 674 g/mol. The highest BCUT2D eigenvalue weighted by Crippen LogP contribution is 2.45. The maximum absolute atomic E-state index is 14.2. The first-order chi connectivity index (χ1) is 22.8. The molecular weight excluding hydrogens is 643 g/mol. The molecule has 0 radical (unpaired) electrons. The highest BCUT2D eigenvalue weighted by atomic mass is 35.5. The third-order valence-electron chi connectivity index (χ3n) is 8.98. The molecule has 13 heteroatoms. The van der Waals surface area contributed by atoms with Gasteiger partial charge in [-0.05, 0) is 84.5 Å². The van der Waals surface area contributed by atoms with Gasteiger partial charge in [-0.1, -0.05) is 52.7 Å². The number of anilines is 1. The second-order valence-corrected chi connectivity index (χ2v) is 12.5. The molecule has 0 spiro atoms. The molecule has 11 nitrogen and oxygen atoms in total. The number of carbonyl (C=O) groups is 3. The van der Waals surface area contributed by atoms with E-state index in [2.05, 4.69) is 16.4 Å². The topological polar surface area (TPSA) is 116 Å². The molecule has 0 N–H and O–H groups in total. The largest absolute Gasteiger partial charge is 0.497 e. The van der Waals surface area contributed by atoms with Gasteiger partial charge in [0, 0.05) is 10.9 Å². The highest BCUT2D eigenvalue weighted by Gasteiger charge is 2.56. The monoisotopic (exact) mass is 672 g/mol. The van der Waals surface area contributed by atoms with Gasteiger partial charge < -0.3 is 9.47 Å². The zero-order valence-corrected chi connectivity index (χ0v) is 27.1. The van der Waals surface area contributed by atoms with Crippen molar-refractivity contribution in [2.75, 3.05) is 25.7 Å². The summed E-state index contributed by atoms with van der Waals surface area (Å²) in [4.78, 5) is 42.1. The van der Waals surface area contributed by atoms with E-state index in [-0.39, 0.29) is 35.1 Å². The quantitative estimate of drug-likeness (QED) is 0.279. The summed E-state index contributed by atoms with van der Waals surface area (Å²) in [7, 11) is 3.24. The number of nitrogens with zero attached hydrogens (tertiary/aromatic N) is 6. The minimum Gasteiger partial charge on any atom is -0.497 e. The lowest BCUT2D eigenvalue weighted by atomic mass is 9.77. The molecule has 1 saturated carbocycles. The summed E-state index contributed by atoms with van der Waals surface area (Å²) in [5, 5.41) is 16.4. The van der Waals surface area contributed by atoms with Crippen LogP contribution >= 0.6 is 23.2 Å². The molecule has 3 heterocycles. The molecule has 3 amide bonds. The van der Waals surface area contributed by atoms with Crippen LogP contribution in [0.15, 0.2) is 87.7 Å². The number of hydrogen-bond acceptors (Lipinski definition) is 9. The lowest BCUT2D eigenvalue weighted by Gasteiger charge is -2.30. The zero-order valence-electron chi connectivity index (χ0n) is 25.5. The van der Waals surface area contributed by atoms with E-state index in [1.54, 1.807) is 20.3 Å². The van der Waals surface area contributed by atoms with E-state index in [9.17, 15) is 14.4 Å². The number of benzene rings is 3. The normalized spacial score (nSPS) is 24.1. The number of halogens is 2. The number of allylic oxidation sites excluding steroid dienone is 1. The van der Waals surface area contributed by atoms with Gasteiger partial charge in [0.15, 0.2) is 12.1 Å². The molecule has 3 aliphatic heterocycles. The van der Waals surface area contributed by atoms with E-state index in [0.717, 1.165) is 52.3 Å². The van der Waals surface area contributed by atoms with Gasteiger partial charge in [0.1, 0.15) is 18.0 Å². The summed E-state index contributed by atoms with van der Waals surface area (Å²) < 4.78 is 10.7. The van der Waals surface area contributed by atoms with E-state index in [4.69, 9.17) is 37.8 Å². The molecule has 0 aromatic heterocycles. The van der Waals surface area contributed by atoms with Gasteiger partial charge in [0.25, 0.3) is 17.7 Å². The van der Waals surface area contributed by atoms with Crippen LogP contribution in [0.1, 0.15) is 36.4 Å². The van der Waals surface area contributed by atoms with Gasteiger partial charge >= 0.3 is 0 Å². The number of ether oxygens (including phenoxy) is 2. The van der Waals surface area contributed by atoms with Gasteiger partial charge in [0.05, 0.1) is 36.7 Å². The third kappa shape index (κ3) is 5.53. The summed E-state index contributed by atoms with van der Waals surface area (Å²) in [6, 6.07) is 17.4. The molecule has 1 aliphatic carbocycles. The summed E-state index contributed by atoms with van der Waals surface area (Å²) in [6.45, 7) is -0.306. The molecular formula is C34H30Cl2N6O5. The average Bonchev–Trinajstić information content (AvgIpc) is 3.75. The SMILES string of the molecule is COc1ccc(/C=C2/CCC[C@@H]3C2=NN(C(=O)CN2N=N[C@@H]4C(=O)N(c5ccc(Cl)cc5Cl)C(=O)[C@H]42)[C@H]3c2ccc(OC)cc2)cc1.